The van der Waals surface area contributed by atoms with Gasteiger partial charge in [0.15, 0.2) is 0 Å². The molecule has 1 aliphatic rings. The highest BCUT2D eigenvalue weighted by atomic mass is 32.2. The molecule has 1 saturated heterocycles. The number of hydrogen-bond acceptors (Lipinski definition) is 4. The fourth-order valence-corrected chi connectivity index (χ4v) is 2.96. The molecule has 0 aliphatic carbocycles. The van der Waals surface area contributed by atoms with Crippen molar-refractivity contribution in [2.75, 3.05) is 37.3 Å². The van der Waals surface area contributed by atoms with Gasteiger partial charge in [-0.25, -0.2) is 13.1 Å². The first-order valence-electron chi connectivity index (χ1n) is 7.06. The van der Waals surface area contributed by atoms with Gasteiger partial charge in [0.2, 0.25) is 10.0 Å². The smallest absolute Gasteiger partial charge is 0.212 e. The van der Waals surface area contributed by atoms with Crippen molar-refractivity contribution in [2.24, 2.45) is 0 Å². The Morgan fingerprint density at radius 1 is 1.15 bits per heavy atom. The first kappa shape index (κ1) is 15.3. The van der Waals surface area contributed by atoms with E-state index in [1.165, 1.54) is 31.1 Å². The standard InChI is InChI=1S/C14H23N3O2S/c1-15-20(18,19)11-8-16-12-13-4-6-14(7-5-13)17-9-2-3-10-17/h4-7,15-16H,2-3,8-12H2,1H3. The minimum absolute atomic E-state index is 0.107. The molecule has 0 spiro atoms. The summed E-state index contributed by atoms with van der Waals surface area (Å²) in [5.74, 6) is 0.107. The summed E-state index contributed by atoms with van der Waals surface area (Å²) in [5, 5.41) is 3.15. The van der Waals surface area contributed by atoms with E-state index in [0.717, 1.165) is 13.1 Å². The van der Waals surface area contributed by atoms with E-state index in [2.05, 4.69) is 39.2 Å². The van der Waals surface area contributed by atoms with Crippen LogP contribution in [0.25, 0.3) is 0 Å². The first-order valence-corrected chi connectivity index (χ1v) is 8.72. The van der Waals surface area contributed by atoms with E-state index in [1.54, 1.807) is 0 Å². The van der Waals surface area contributed by atoms with Crippen molar-refractivity contribution in [3.63, 3.8) is 0 Å². The number of nitrogens with zero attached hydrogens (tertiary/aromatic N) is 1. The molecule has 2 rings (SSSR count). The molecule has 0 bridgehead atoms. The highest BCUT2D eigenvalue weighted by molar-refractivity contribution is 7.89. The normalized spacial score (nSPS) is 15.8. The van der Waals surface area contributed by atoms with Gasteiger partial charge in [0.25, 0.3) is 0 Å². The maximum Gasteiger partial charge on any atom is 0.212 e. The van der Waals surface area contributed by atoms with Gasteiger partial charge in [-0.3, -0.25) is 0 Å². The molecule has 2 N–H and O–H groups in total. The number of nitrogens with one attached hydrogen (secondary N) is 2. The molecule has 0 amide bonds. The summed E-state index contributed by atoms with van der Waals surface area (Å²) >= 11 is 0. The van der Waals surface area contributed by atoms with E-state index >= 15 is 0 Å². The van der Waals surface area contributed by atoms with Crippen LogP contribution in [0.3, 0.4) is 0 Å². The average Bonchev–Trinajstić information content (AvgIpc) is 2.98. The molecule has 1 fully saturated rings. The van der Waals surface area contributed by atoms with Gasteiger partial charge in [-0.2, -0.15) is 0 Å². The molecule has 20 heavy (non-hydrogen) atoms. The SMILES string of the molecule is CNS(=O)(=O)CCNCc1ccc(N2CCCC2)cc1. The molecule has 0 radical (unpaired) electrons. The van der Waals surface area contributed by atoms with Gasteiger partial charge in [-0.05, 0) is 37.6 Å². The van der Waals surface area contributed by atoms with Crippen molar-refractivity contribution in [3.05, 3.63) is 29.8 Å². The lowest BCUT2D eigenvalue weighted by atomic mass is 10.2. The third kappa shape index (κ3) is 4.47. The average molecular weight is 297 g/mol. The molecule has 1 aromatic carbocycles. The van der Waals surface area contributed by atoms with Crippen LogP contribution in [0.2, 0.25) is 0 Å². The van der Waals surface area contributed by atoms with E-state index in [9.17, 15) is 8.42 Å². The Balaban J connectivity index is 1.76. The summed E-state index contributed by atoms with van der Waals surface area (Å²) in [7, 11) is -1.67. The Kier molecular flexibility index (Phi) is 5.39. The van der Waals surface area contributed by atoms with Gasteiger partial charge in [-0.15, -0.1) is 0 Å². The maximum atomic E-state index is 11.2. The van der Waals surface area contributed by atoms with Gasteiger partial charge in [-0.1, -0.05) is 12.1 Å². The van der Waals surface area contributed by atoms with Crippen LogP contribution in [0.1, 0.15) is 18.4 Å². The highest BCUT2D eigenvalue weighted by Gasteiger charge is 2.11. The summed E-state index contributed by atoms with van der Waals surface area (Å²) in [4.78, 5) is 2.40. The van der Waals surface area contributed by atoms with Crippen LogP contribution in [-0.4, -0.2) is 40.9 Å². The molecule has 1 aromatic rings. The van der Waals surface area contributed by atoms with E-state index < -0.39 is 10.0 Å². The fraction of sp³-hybridized carbons (Fsp3) is 0.571. The van der Waals surface area contributed by atoms with Crippen molar-refractivity contribution >= 4 is 15.7 Å². The number of hydrogen-bond donors (Lipinski definition) is 2. The predicted molar refractivity (Wildman–Crippen MR) is 82.4 cm³/mol. The van der Waals surface area contributed by atoms with Crippen molar-refractivity contribution in [3.8, 4) is 0 Å². The first-order chi connectivity index (χ1) is 9.61. The molecule has 0 aromatic heterocycles. The van der Waals surface area contributed by atoms with Gasteiger partial charge in [0.05, 0.1) is 5.75 Å². The summed E-state index contributed by atoms with van der Waals surface area (Å²) in [6, 6.07) is 8.50. The Morgan fingerprint density at radius 3 is 2.40 bits per heavy atom. The second-order valence-electron chi connectivity index (χ2n) is 5.06. The summed E-state index contributed by atoms with van der Waals surface area (Å²) in [5.41, 5.74) is 2.46. The Labute approximate surface area is 121 Å². The van der Waals surface area contributed by atoms with Crippen molar-refractivity contribution in [1.29, 1.82) is 0 Å². The van der Waals surface area contributed by atoms with Crippen LogP contribution in [0.5, 0.6) is 0 Å². The maximum absolute atomic E-state index is 11.2. The van der Waals surface area contributed by atoms with Gasteiger partial charge in [0, 0.05) is 31.9 Å². The summed E-state index contributed by atoms with van der Waals surface area (Å²) < 4.78 is 24.8. The van der Waals surface area contributed by atoms with E-state index in [1.807, 2.05) is 0 Å². The van der Waals surface area contributed by atoms with E-state index in [0.29, 0.717) is 13.1 Å². The number of benzene rings is 1. The van der Waals surface area contributed by atoms with Gasteiger partial charge < -0.3 is 10.2 Å². The third-order valence-corrected chi connectivity index (χ3v) is 4.96. The zero-order chi connectivity index (χ0) is 14.4. The second kappa shape index (κ2) is 7.06. The minimum atomic E-state index is -3.11. The summed E-state index contributed by atoms with van der Waals surface area (Å²) in [6.45, 7) is 3.45. The van der Waals surface area contributed by atoms with Crippen molar-refractivity contribution < 1.29 is 8.42 Å². The summed E-state index contributed by atoms with van der Waals surface area (Å²) in [6.07, 6.45) is 2.56. The van der Waals surface area contributed by atoms with Crippen LogP contribution in [-0.2, 0) is 16.6 Å². The highest BCUT2D eigenvalue weighted by Crippen LogP contribution is 2.20. The lowest BCUT2D eigenvalue weighted by Gasteiger charge is -2.17. The molecule has 1 aliphatic heterocycles. The molecule has 6 heteroatoms. The Morgan fingerprint density at radius 2 is 1.80 bits per heavy atom. The monoisotopic (exact) mass is 297 g/mol. The molecular weight excluding hydrogens is 274 g/mol. The predicted octanol–water partition coefficient (Wildman–Crippen LogP) is 0.926. The lowest BCUT2D eigenvalue weighted by molar-refractivity contribution is 0.583. The number of sulfonamides is 1. The van der Waals surface area contributed by atoms with Crippen LogP contribution < -0.4 is 14.9 Å². The zero-order valence-electron chi connectivity index (χ0n) is 11.9. The second-order valence-corrected chi connectivity index (χ2v) is 7.11. The number of anilines is 1. The van der Waals surface area contributed by atoms with Crippen LogP contribution in [0.15, 0.2) is 24.3 Å². The zero-order valence-corrected chi connectivity index (χ0v) is 12.7. The van der Waals surface area contributed by atoms with Gasteiger partial charge >= 0.3 is 0 Å². The molecule has 0 unspecified atom stereocenters. The Hall–Kier alpha value is -1.11. The van der Waals surface area contributed by atoms with Crippen LogP contribution in [0, 0.1) is 0 Å². The minimum Gasteiger partial charge on any atom is -0.372 e. The quantitative estimate of drug-likeness (QED) is 0.735. The number of rotatable bonds is 7. The molecule has 5 nitrogen and oxygen atoms in total. The van der Waals surface area contributed by atoms with E-state index in [4.69, 9.17) is 0 Å². The fourth-order valence-electron chi connectivity index (χ4n) is 2.34. The topological polar surface area (TPSA) is 61.4 Å². The lowest BCUT2D eigenvalue weighted by Crippen LogP contribution is -2.29. The third-order valence-electron chi connectivity index (χ3n) is 3.60. The molecule has 0 atom stereocenters. The van der Waals surface area contributed by atoms with Gasteiger partial charge in [0.1, 0.15) is 0 Å². The van der Waals surface area contributed by atoms with Crippen LogP contribution in [0.4, 0.5) is 5.69 Å². The Bertz CT molecular complexity index is 508. The molecule has 112 valence electrons. The van der Waals surface area contributed by atoms with Crippen LogP contribution >= 0.6 is 0 Å². The van der Waals surface area contributed by atoms with Crippen molar-refractivity contribution in [2.45, 2.75) is 19.4 Å². The van der Waals surface area contributed by atoms with Crippen molar-refractivity contribution in [1.82, 2.24) is 10.0 Å². The molecule has 1 heterocycles. The molecule has 0 saturated carbocycles. The van der Waals surface area contributed by atoms with E-state index in [-0.39, 0.29) is 5.75 Å². The molecular formula is C14H23N3O2S. The largest absolute Gasteiger partial charge is 0.372 e.